The van der Waals surface area contributed by atoms with Crippen LogP contribution in [0.3, 0.4) is 0 Å². The van der Waals surface area contributed by atoms with Crippen LogP contribution in [0.1, 0.15) is 11.1 Å². The highest BCUT2D eigenvalue weighted by molar-refractivity contribution is 6.30. The molecule has 1 amide bonds. The number of carbonyl (C=O) groups is 1. The van der Waals surface area contributed by atoms with Crippen LogP contribution in [-0.4, -0.2) is 23.9 Å². The molecule has 0 atom stereocenters. The van der Waals surface area contributed by atoms with E-state index in [9.17, 15) is 9.18 Å². The first-order valence-electron chi connectivity index (χ1n) is 7.17. The highest BCUT2D eigenvalue weighted by atomic mass is 35.5. The molecule has 2 aromatic carbocycles. The van der Waals surface area contributed by atoms with Crippen molar-refractivity contribution in [3.63, 3.8) is 0 Å². The van der Waals surface area contributed by atoms with E-state index in [1.54, 1.807) is 11.0 Å². The molecule has 1 aliphatic heterocycles. The van der Waals surface area contributed by atoms with Crippen LogP contribution >= 0.6 is 11.6 Å². The van der Waals surface area contributed by atoms with Gasteiger partial charge in [-0.2, -0.15) is 0 Å². The maximum Gasteiger partial charge on any atom is 0.242 e. The lowest BCUT2D eigenvalue weighted by molar-refractivity contribution is -0.130. The number of fused-ring (bicyclic) bond motifs is 1. The molecule has 0 aliphatic carbocycles. The number of nitrogens with zero attached hydrogens (tertiary/aromatic N) is 1. The molecule has 0 aromatic heterocycles. The molecule has 1 aliphatic rings. The van der Waals surface area contributed by atoms with Gasteiger partial charge in [-0.3, -0.25) is 4.79 Å². The molecule has 1 heterocycles. The predicted octanol–water partition coefficient (Wildman–Crippen LogP) is 3.48. The summed E-state index contributed by atoms with van der Waals surface area (Å²) >= 11 is 5.71. The first-order valence-corrected chi connectivity index (χ1v) is 7.55. The van der Waals surface area contributed by atoms with Crippen LogP contribution in [0, 0.1) is 5.82 Å². The first-order chi connectivity index (χ1) is 10.6. The third kappa shape index (κ3) is 3.22. The van der Waals surface area contributed by atoms with Gasteiger partial charge in [0.2, 0.25) is 5.91 Å². The monoisotopic (exact) mass is 318 g/mol. The minimum absolute atomic E-state index is 0.0381. The summed E-state index contributed by atoms with van der Waals surface area (Å²) in [5.74, 6) is -0.492. The van der Waals surface area contributed by atoms with Gasteiger partial charge in [0.1, 0.15) is 5.82 Å². The second-order valence-corrected chi connectivity index (χ2v) is 5.75. The summed E-state index contributed by atoms with van der Waals surface area (Å²) in [6.45, 7) is 1.38. The van der Waals surface area contributed by atoms with Crippen LogP contribution < -0.4 is 5.32 Å². The van der Waals surface area contributed by atoms with E-state index in [-0.39, 0.29) is 18.1 Å². The predicted molar refractivity (Wildman–Crippen MR) is 85.5 cm³/mol. The number of nitrogens with one attached hydrogen (secondary N) is 1. The summed E-state index contributed by atoms with van der Waals surface area (Å²) < 4.78 is 13.7. The number of halogens is 2. The van der Waals surface area contributed by atoms with E-state index in [4.69, 9.17) is 11.6 Å². The Morgan fingerprint density at radius 1 is 1.23 bits per heavy atom. The van der Waals surface area contributed by atoms with Gasteiger partial charge in [0.15, 0.2) is 0 Å². The van der Waals surface area contributed by atoms with Gasteiger partial charge in [0.05, 0.1) is 12.2 Å². The van der Waals surface area contributed by atoms with Gasteiger partial charge in [0.25, 0.3) is 0 Å². The summed E-state index contributed by atoms with van der Waals surface area (Å²) in [6.07, 6.45) is 0.858. The van der Waals surface area contributed by atoms with Crippen LogP contribution in [0.4, 0.5) is 10.1 Å². The first kappa shape index (κ1) is 14.9. The zero-order chi connectivity index (χ0) is 15.5. The zero-order valence-electron chi connectivity index (χ0n) is 12.0. The van der Waals surface area contributed by atoms with Crippen LogP contribution in [-0.2, 0) is 17.8 Å². The van der Waals surface area contributed by atoms with Crippen molar-refractivity contribution in [2.45, 2.75) is 13.0 Å². The summed E-state index contributed by atoms with van der Waals surface area (Å²) in [7, 11) is 0. The van der Waals surface area contributed by atoms with Crippen molar-refractivity contribution in [2.24, 2.45) is 0 Å². The Hall–Kier alpha value is -2.07. The smallest absolute Gasteiger partial charge is 0.242 e. The van der Waals surface area contributed by atoms with Gasteiger partial charge in [0, 0.05) is 18.1 Å². The van der Waals surface area contributed by atoms with Crippen LogP contribution in [0.25, 0.3) is 0 Å². The Labute approximate surface area is 133 Å². The molecule has 2 aromatic rings. The fourth-order valence-electron chi connectivity index (χ4n) is 2.62. The lowest BCUT2D eigenvalue weighted by Crippen LogP contribution is -2.39. The minimum atomic E-state index is -0.454. The maximum absolute atomic E-state index is 13.7. The molecular formula is C17H16ClFN2O. The standard InChI is InChI=1S/C17H16ClFN2O/c18-14-5-6-16(15(19)9-14)20-10-17(22)21-8-7-12-3-1-2-4-13(12)11-21/h1-6,9,20H,7-8,10-11H2. The molecule has 0 fully saturated rings. The summed E-state index contributed by atoms with van der Waals surface area (Å²) in [5.41, 5.74) is 2.76. The molecule has 0 radical (unpaired) electrons. The molecule has 1 N–H and O–H groups in total. The third-order valence-corrected chi connectivity index (χ3v) is 4.08. The van der Waals surface area contributed by atoms with E-state index in [0.29, 0.717) is 18.1 Å². The van der Waals surface area contributed by atoms with E-state index in [1.807, 2.05) is 18.2 Å². The largest absolute Gasteiger partial charge is 0.374 e. The molecule has 0 bridgehead atoms. The Kier molecular flexibility index (Phi) is 4.29. The normalized spacial score (nSPS) is 13.6. The van der Waals surface area contributed by atoms with Crippen molar-refractivity contribution in [1.82, 2.24) is 4.90 Å². The Balaban J connectivity index is 1.61. The van der Waals surface area contributed by atoms with Gasteiger partial charge in [-0.25, -0.2) is 4.39 Å². The molecule has 0 spiro atoms. The third-order valence-electron chi connectivity index (χ3n) is 3.84. The fourth-order valence-corrected chi connectivity index (χ4v) is 2.78. The molecule has 5 heteroatoms. The molecule has 0 unspecified atom stereocenters. The average molecular weight is 319 g/mol. The lowest BCUT2D eigenvalue weighted by Gasteiger charge is -2.29. The Morgan fingerprint density at radius 3 is 2.77 bits per heavy atom. The van der Waals surface area contributed by atoms with E-state index in [1.165, 1.54) is 23.3 Å². The molecule has 114 valence electrons. The number of benzene rings is 2. The van der Waals surface area contributed by atoms with Crippen molar-refractivity contribution in [3.8, 4) is 0 Å². The fraction of sp³-hybridized carbons (Fsp3) is 0.235. The van der Waals surface area contributed by atoms with Gasteiger partial charge in [-0.1, -0.05) is 35.9 Å². The van der Waals surface area contributed by atoms with E-state index >= 15 is 0 Å². The highest BCUT2D eigenvalue weighted by Gasteiger charge is 2.20. The molecule has 0 saturated heterocycles. The van der Waals surface area contributed by atoms with Gasteiger partial charge < -0.3 is 10.2 Å². The topological polar surface area (TPSA) is 32.3 Å². The van der Waals surface area contributed by atoms with Crippen molar-refractivity contribution in [1.29, 1.82) is 0 Å². The van der Waals surface area contributed by atoms with Crippen LogP contribution in [0.15, 0.2) is 42.5 Å². The van der Waals surface area contributed by atoms with E-state index in [2.05, 4.69) is 11.4 Å². The zero-order valence-corrected chi connectivity index (χ0v) is 12.7. The van der Waals surface area contributed by atoms with E-state index in [0.717, 1.165) is 6.42 Å². The quantitative estimate of drug-likeness (QED) is 0.939. The maximum atomic E-state index is 13.7. The number of hydrogen-bond donors (Lipinski definition) is 1. The van der Waals surface area contributed by atoms with Crippen molar-refractivity contribution in [3.05, 3.63) is 64.4 Å². The molecule has 3 nitrogen and oxygen atoms in total. The summed E-state index contributed by atoms with van der Waals surface area (Å²) in [5, 5.41) is 3.17. The van der Waals surface area contributed by atoms with E-state index < -0.39 is 5.82 Å². The van der Waals surface area contributed by atoms with Crippen LogP contribution in [0.5, 0.6) is 0 Å². The van der Waals surface area contributed by atoms with Crippen molar-refractivity contribution < 1.29 is 9.18 Å². The minimum Gasteiger partial charge on any atom is -0.374 e. The summed E-state index contributed by atoms with van der Waals surface area (Å²) in [4.78, 5) is 14.1. The number of anilines is 1. The number of amides is 1. The highest BCUT2D eigenvalue weighted by Crippen LogP contribution is 2.20. The molecule has 3 rings (SSSR count). The second kappa shape index (κ2) is 6.36. The van der Waals surface area contributed by atoms with Crippen LogP contribution in [0.2, 0.25) is 5.02 Å². The summed E-state index contributed by atoms with van der Waals surface area (Å²) in [6, 6.07) is 12.5. The molecule has 0 saturated carbocycles. The number of hydrogen-bond acceptors (Lipinski definition) is 2. The SMILES string of the molecule is O=C(CNc1ccc(Cl)cc1F)N1CCc2ccccc2C1. The Morgan fingerprint density at radius 2 is 2.00 bits per heavy atom. The van der Waals surface area contributed by atoms with Gasteiger partial charge in [-0.15, -0.1) is 0 Å². The van der Waals surface area contributed by atoms with Gasteiger partial charge >= 0.3 is 0 Å². The molecular weight excluding hydrogens is 303 g/mol. The van der Waals surface area contributed by atoms with Crippen molar-refractivity contribution in [2.75, 3.05) is 18.4 Å². The lowest BCUT2D eigenvalue weighted by atomic mass is 10.00. The van der Waals surface area contributed by atoms with Crippen molar-refractivity contribution >= 4 is 23.2 Å². The Bertz CT molecular complexity index is 705. The molecule has 22 heavy (non-hydrogen) atoms. The number of carbonyl (C=O) groups excluding carboxylic acids is 1. The van der Waals surface area contributed by atoms with Gasteiger partial charge in [-0.05, 0) is 35.7 Å². The average Bonchev–Trinajstić information content (AvgIpc) is 2.53. The number of rotatable bonds is 3. The second-order valence-electron chi connectivity index (χ2n) is 5.31.